The van der Waals surface area contributed by atoms with E-state index in [1.807, 2.05) is 6.07 Å². The van der Waals surface area contributed by atoms with E-state index < -0.39 is 0 Å². The molecular formula is C17H15Cl2N5OS2. The molecule has 0 aliphatic carbocycles. The second kappa shape index (κ2) is 8.88. The fraction of sp³-hybridized carbons (Fsp3) is 0.176. The largest absolute Gasteiger partial charge is 0.330 e. The Morgan fingerprint density at radius 2 is 2.00 bits per heavy atom. The van der Waals surface area contributed by atoms with Gasteiger partial charge in [0.1, 0.15) is 0 Å². The van der Waals surface area contributed by atoms with E-state index in [0.717, 1.165) is 5.69 Å². The summed E-state index contributed by atoms with van der Waals surface area (Å²) in [4.78, 5) is 16.1. The first-order valence-corrected chi connectivity index (χ1v) is 10.4. The third-order valence-corrected chi connectivity index (χ3v) is 6.02. The maximum atomic E-state index is 12.1. The minimum Gasteiger partial charge on any atom is -0.330 e. The first-order valence-electron chi connectivity index (χ1n) is 7.82. The molecule has 0 spiro atoms. The predicted molar refractivity (Wildman–Crippen MR) is 113 cm³/mol. The maximum absolute atomic E-state index is 12.1. The molecular weight excluding hydrogens is 425 g/mol. The number of nitrogens with one attached hydrogen (secondary N) is 2. The number of halogens is 2. The van der Waals surface area contributed by atoms with Crippen molar-refractivity contribution in [2.24, 2.45) is 0 Å². The SMILES string of the molecule is Cc1ccc(Nc2nnc(SCC(=O)Nc3ncc(Cl)cc3Cl)s2)cc1C. The summed E-state index contributed by atoms with van der Waals surface area (Å²) in [7, 11) is 0. The summed E-state index contributed by atoms with van der Waals surface area (Å²) in [6.07, 6.45) is 1.42. The van der Waals surface area contributed by atoms with Crippen LogP contribution in [0.5, 0.6) is 0 Å². The van der Waals surface area contributed by atoms with Gasteiger partial charge in [0.05, 0.1) is 15.8 Å². The van der Waals surface area contributed by atoms with Crippen LogP contribution < -0.4 is 10.6 Å². The number of pyridine rings is 1. The number of benzene rings is 1. The third kappa shape index (κ3) is 5.55. The van der Waals surface area contributed by atoms with Crippen LogP contribution in [-0.4, -0.2) is 26.8 Å². The lowest BCUT2D eigenvalue weighted by atomic mass is 10.1. The van der Waals surface area contributed by atoms with Crippen LogP contribution in [0.25, 0.3) is 0 Å². The van der Waals surface area contributed by atoms with Crippen LogP contribution in [0, 0.1) is 13.8 Å². The van der Waals surface area contributed by atoms with Gasteiger partial charge in [-0.25, -0.2) is 4.98 Å². The summed E-state index contributed by atoms with van der Waals surface area (Å²) in [6.45, 7) is 4.12. The van der Waals surface area contributed by atoms with Crippen molar-refractivity contribution < 1.29 is 4.79 Å². The highest BCUT2D eigenvalue weighted by atomic mass is 35.5. The van der Waals surface area contributed by atoms with Crippen LogP contribution in [0.4, 0.5) is 16.6 Å². The molecule has 2 aromatic heterocycles. The third-order valence-electron chi connectivity index (χ3n) is 3.56. The molecule has 3 aromatic rings. The molecule has 1 aromatic carbocycles. The summed E-state index contributed by atoms with van der Waals surface area (Å²) < 4.78 is 0.687. The zero-order valence-corrected chi connectivity index (χ0v) is 17.6. The van der Waals surface area contributed by atoms with Crippen molar-refractivity contribution >= 4 is 68.8 Å². The van der Waals surface area contributed by atoms with Crippen molar-refractivity contribution in [3.8, 4) is 0 Å². The Morgan fingerprint density at radius 1 is 1.19 bits per heavy atom. The summed E-state index contributed by atoms with van der Waals surface area (Å²) in [5, 5.41) is 15.4. The standard InChI is InChI=1S/C17H15Cl2N5OS2/c1-9-3-4-12(5-10(9)2)21-16-23-24-17(27-16)26-8-14(25)22-15-13(19)6-11(18)7-20-15/h3-7H,8H2,1-2H3,(H,21,23)(H,20,22,25). The number of rotatable bonds is 6. The molecule has 0 bridgehead atoms. The highest BCUT2D eigenvalue weighted by Gasteiger charge is 2.11. The Kier molecular flexibility index (Phi) is 6.54. The normalized spacial score (nSPS) is 10.7. The minimum atomic E-state index is -0.240. The molecule has 140 valence electrons. The number of carbonyl (C=O) groups is 1. The summed E-state index contributed by atoms with van der Waals surface area (Å²) in [6, 6.07) is 7.62. The lowest BCUT2D eigenvalue weighted by Crippen LogP contribution is -2.15. The van der Waals surface area contributed by atoms with Crippen LogP contribution in [-0.2, 0) is 4.79 Å². The molecule has 0 atom stereocenters. The maximum Gasteiger partial charge on any atom is 0.236 e. The highest BCUT2D eigenvalue weighted by Crippen LogP contribution is 2.29. The number of anilines is 3. The van der Waals surface area contributed by atoms with Gasteiger partial charge < -0.3 is 10.6 Å². The number of aryl methyl sites for hydroxylation is 2. The second-order valence-electron chi connectivity index (χ2n) is 5.62. The Bertz CT molecular complexity index is 980. The monoisotopic (exact) mass is 439 g/mol. The average Bonchev–Trinajstić information content (AvgIpc) is 3.06. The number of hydrogen-bond donors (Lipinski definition) is 2. The summed E-state index contributed by atoms with van der Waals surface area (Å²) in [5.41, 5.74) is 3.38. The Morgan fingerprint density at radius 3 is 2.74 bits per heavy atom. The molecule has 6 nitrogen and oxygen atoms in total. The molecule has 0 unspecified atom stereocenters. The van der Waals surface area contributed by atoms with Gasteiger partial charge in [-0.05, 0) is 43.2 Å². The topological polar surface area (TPSA) is 79.8 Å². The first kappa shape index (κ1) is 19.9. The van der Waals surface area contributed by atoms with Crippen LogP contribution in [0.15, 0.2) is 34.8 Å². The molecule has 0 aliphatic rings. The number of amides is 1. The second-order valence-corrected chi connectivity index (χ2v) is 8.66. The van der Waals surface area contributed by atoms with Crippen molar-refractivity contribution in [3.63, 3.8) is 0 Å². The van der Waals surface area contributed by atoms with Gasteiger partial charge in [-0.1, -0.05) is 52.4 Å². The van der Waals surface area contributed by atoms with E-state index in [0.29, 0.717) is 14.5 Å². The van der Waals surface area contributed by atoms with Crippen molar-refractivity contribution in [1.82, 2.24) is 15.2 Å². The Hall–Kier alpha value is -1.87. The van der Waals surface area contributed by atoms with Gasteiger partial charge in [-0.3, -0.25) is 4.79 Å². The molecule has 3 rings (SSSR count). The van der Waals surface area contributed by atoms with Crippen molar-refractivity contribution in [1.29, 1.82) is 0 Å². The number of carbonyl (C=O) groups excluding carboxylic acids is 1. The number of nitrogens with zero attached hydrogens (tertiary/aromatic N) is 3. The van der Waals surface area contributed by atoms with Gasteiger partial charge in [-0.15, -0.1) is 10.2 Å². The fourth-order valence-electron chi connectivity index (χ4n) is 2.06. The minimum absolute atomic E-state index is 0.166. The number of hydrogen-bond acceptors (Lipinski definition) is 7. The van der Waals surface area contributed by atoms with Crippen molar-refractivity contribution in [3.05, 3.63) is 51.6 Å². The van der Waals surface area contributed by atoms with Gasteiger partial charge in [0.15, 0.2) is 10.2 Å². The first-order chi connectivity index (χ1) is 12.9. The molecule has 2 N–H and O–H groups in total. The quantitative estimate of drug-likeness (QED) is 0.505. The predicted octanol–water partition coefficient (Wildman–Crippen LogP) is 5.33. The van der Waals surface area contributed by atoms with Gasteiger partial charge in [0.2, 0.25) is 11.0 Å². The van der Waals surface area contributed by atoms with E-state index in [2.05, 4.69) is 51.8 Å². The van der Waals surface area contributed by atoms with Crippen molar-refractivity contribution in [2.45, 2.75) is 18.2 Å². The zero-order valence-electron chi connectivity index (χ0n) is 14.4. The van der Waals surface area contributed by atoms with E-state index in [1.165, 1.54) is 46.5 Å². The van der Waals surface area contributed by atoms with Crippen LogP contribution in [0.3, 0.4) is 0 Å². The number of aromatic nitrogens is 3. The molecule has 2 heterocycles. The molecule has 0 aliphatic heterocycles. The average molecular weight is 440 g/mol. The van der Waals surface area contributed by atoms with E-state index in [9.17, 15) is 4.79 Å². The molecule has 0 radical (unpaired) electrons. The van der Waals surface area contributed by atoms with Crippen molar-refractivity contribution in [2.75, 3.05) is 16.4 Å². The zero-order chi connectivity index (χ0) is 19.4. The Balaban J connectivity index is 1.54. The highest BCUT2D eigenvalue weighted by molar-refractivity contribution is 8.01. The molecule has 10 heteroatoms. The van der Waals surface area contributed by atoms with Crippen LogP contribution >= 0.6 is 46.3 Å². The smallest absolute Gasteiger partial charge is 0.236 e. The fourth-order valence-corrected chi connectivity index (χ4v) is 4.06. The van der Waals surface area contributed by atoms with Gasteiger partial charge in [0.25, 0.3) is 0 Å². The molecule has 0 saturated carbocycles. The molecule has 27 heavy (non-hydrogen) atoms. The van der Waals surface area contributed by atoms with E-state index in [-0.39, 0.29) is 22.5 Å². The molecule has 0 saturated heterocycles. The van der Waals surface area contributed by atoms with E-state index >= 15 is 0 Å². The molecule has 0 fully saturated rings. The lowest BCUT2D eigenvalue weighted by molar-refractivity contribution is -0.113. The van der Waals surface area contributed by atoms with E-state index in [1.54, 1.807) is 0 Å². The van der Waals surface area contributed by atoms with Crippen LogP contribution in [0.1, 0.15) is 11.1 Å². The van der Waals surface area contributed by atoms with Gasteiger partial charge in [-0.2, -0.15) is 0 Å². The van der Waals surface area contributed by atoms with Crippen LogP contribution in [0.2, 0.25) is 10.0 Å². The summed E-state index contributed by atoms with van der Waals surface area (Å²) in [5.74, 6) is 0.204. The van der Waals surface area contributed by atoms with Gasteiger partial charge >= 0.3 is 0 Å². The molecule has 1 amide bonds. The lowest BCUT2D eigenvalue weighted by Gasteiger charge is -2.05. The number of thioether (sulfide) groups is 1. The Labute approximate surface area is 174 Å². The summed E-state index contributed by atoms with van der Waals surface area (Å²) >= 11 is 14.5. The van der Waals surface area contributed by atoms with E-state index in [4.69, 9.17) is 23.2 Å². The van der Waals surface area contributed by atoms with Gasteiger partial charge in [0, 0.05) is 11.9 Å².